The van der Waals surface area contributed by atoms with Gasteiger partial charge in [-0.05, 0) is 50.1 Å². The first-order valence-corrected chi connectivity index (χ1v) is 6.44. The Kier molecular flexibility index (Phi) is 4.53. The van der Waals surface area contributed by atoms with Crippen LogP contribution in [0.25, 0.3) is 0 Å². The molecule has 0 aliphatic heterocycles. The van der Waals surface area contributed by atoms with Gasteiger partial charge >= 0.3 is 0 Å². The molecule has 0 bridgehead atoms. The molecule has 3 nitrogen and oxygen atoms in total. The van der Waals surface area contributed by atoms with Crippen LogP contribution in [-0.4, -0.2) is 11.0 Å². The second-order valence-corrected chi connectivity index (χ2v) is 4.69. The molecule has 2 rings (SSSR count). The monoisotopic (exact) mass is 244 g/mol. The maximum Gasteiger partial charge on any atom is 0.103 e. The van der Waals surface area contributed by atoms with Crippen molar-refractivity contribution in [2.45, 2.75) is 38.8 Å². The molecule has 3 heteroatoms. The van der Waals surface area contributed by atoms with E-state index in [1.807, 2.05) is 24.5 Å². The Morgan fingerprint density at radius 1 is 1.22 bits per heavy atom. The predicted molar refractivity (Wildman–Crippen MR) is 72.3 cm³/mol. The fourth-order valence-electron chi connectivity index (χ4n) is 2.07. The Morgan fingerprint density at radius 2 is 2.00 bits per heavy atom. The van der Waals surface area contributed by atoms with Crippen molar-refractivity contribution in [3.8, 4) is 0 Å². The van der Waals surface area contributed by atoms with Crippen LogP contribution < -0.4 is 5.32 Å². The standard InChI is InChI=1S/C15H20N2O/c1-12(5-6-15-4-3-11-18-15)17-13(2)14-7-9-16-10-8-14/h3-4,7-13,17H,5-6H2,1-2H3/t12?,13-/m1/s1. The summed E-state index contributed by atoms with van der Waals surface area (Å²) in [6, 6.07) is 8.87. The molecule has 0 aliphatic carbocycles. The zero-order chi connectivity index (χ0) is 12.8. The molecule has 0 radical (unpaired) electrons. The predicted octanol–water partition coefficient (Wildman–Crippen LogP) is 3.35. The topological polar surface area (TPSA) is 38.1 Å². The lowest BCUT2D eigenvalue weighted by Gasteiger charge is -2.19. The van der Waals surface area contributed by atoms with E-state index in [2.05, 4.69) is 36.3 Å². The number of nitrogens with zero attached hydrogens (tertiary/aromatic N) is 1. The van der Waals surface area contributed by atoms with Crippen LogP contribution in [0.15, 0.2) is 47.3 Å². The van der Waals surface area contributed by atoms with E-state index in [1.165, 1.54) is 5.56 Å². The number of nitrogens with one attached hydrogen (secondary N) is 1. The number of rotatable bonds is 6. The lowest BCUT2D eigenvalue weighted by atomic mass is 10.1. The summed E-state index contributed by atoms with van der Waals surface area (Å²) in [5, 5.41) is 3.59. The lowest BCUT2D eigenvalue weighted by Crippen LogP contribution is -2.29. The van der Waals surface area contributed by atoms with Crippen LogP contribution in [0.2, 0.25) is 0 Å². The first-order chi connectivity index (χ1) is 8.75. The number of furan rings is 1. The van der Waals surface area contributed by atoms with E-state index >= 15 is 0 Å². The summed E-state index contributed by atoms with van der Waals surface area (Å²) in [4.78, 5) is 4.04. The summed E-state index contributed by atoms with van der Waals surface area (Å²) in [5.41, 5.74) is 1.27. The van der Waals surface area contributed by atoms with Gasteiger partial charge < -0.3 is 9.73 Å². The van der Waals surface area contributed by atoms with E-state index in [0.717, 1.165) is 18.6 Å². The average Bonchev–Trinajstić information content (AvgIpc) is 2.90. The molecule has 0 saturated carbocycles. The summed E-state index contributed by atoms with van der Waals surface area (Å²) in [7, 11) is 0. The zero-order valence-corrected chi connectivity index (χ0v) is 11.0. The number of aryl methyl sites for hydroxylation is 1. The summed E-state index contributed by atoms with van der Waals surface area (Å²) in [6.45, 7) is 4.39. The molecule has 0 fully saturated rings. The maximum atomic E-state index is 5.34. The molecular weight excluding hydrogens is 224 g/mol. The maximum absolute atomic E-state index is 5.34. The average molecular weight is 244 g/mol. The van der Waals surface area contributed by atoms with E-state index in [4.69, 9.17) is 4.42 Å². The Bertz CT molecular complexity index is 439. The Balaban J connectivity index is 1.78. The molecule has 2 atom stereocenters. The van der Waals surface area contributed by atoms with E-state index < -0.39 is 0 Å². The molecule has 0 amide bonds. The third-order valence-corrected chi connectivity index (χ3v) is 3.14. The highest BCUT2D eigenvalue weighted by Crippen LogP contribution is 2.13. The van der Waals surface area contributed by atoms with E-state index in [-0.39, 0.29) is 0 Å². The summed E-state index contributed by atoms with van der Waals surface area (Å²) < 4.78 is 5.34. The zero-order valence-electron chi connectivity index (χ0n) is 11.0. The summed E-state index contributed by atoms with van der Waals surface area (Å²) in [6.07, 6.45) is 7.45. The van der Waals surface area contributed by atoms with Gasteiger partial charge in [-0.3, -0.25) is 4.98 Å². The van der Waals surface area contributed by atoms with Gasteiger partial charge in [0.05, 0.1) is 6.26 Å². The van der Waals surface area contributed by atoms with Gasteiger partial charge in [-0.1, -0.05) is 0 Å². The molecule has 2 aromatic rings. The fourth-order valence-corrected chi connectivity index (χ4v) is 2.07. The Morgan fingerprint density at radius 3 is 2.67 bits per heavy atom. The van der Waals surface area contributed by atoms with Crippen LogP contribution in [0.5, 0.6) is 0 Å². The van der Waals surface area contributed by atoms with Gasteiger partial charge in [0.15, 0.2) is 0 Å². The first-order valence-electron chi connectivity index (χ1n) is 6.44. The van der Waals surface area contributed by atoms with Gasteiger partial charge in [0, 0.05) is 30.9 Å². The van der Waals surface area contributed by atoms with E-state index in [9.17, 15) is 0 Å². The number of hydrogen-bond donors (Lipinski definition) is 1. The third kappa shape index (κ3) is 3.70. The van der Waals surface area contributed by atoms with Gasteiger partial charge in [0.1, 0.15) is 5.76 Å². The lowest BCUT2D eigenvalue weighted by molar-refractivity contribution is 0.430. The Hall–Kier alpha value is -1.61. The normalized spacial score (nSPS) is 14.3. The van der Waals surface area contributed by atoms with Crippen LogP contribution in [0, 0.1) is 0 Å². The molecule has 0 saturated heterocycles. The number of pyridine rings is 1. The van der Waals surface area contributed by atoms with Crippen molar-refractivity contribution in [1.82, 2.24) is 10.3 Å². The van der Waals surface area contributed by atoms with Crippen LogP contribution in [0.1, 0.15) is 37.6 Å². The van der Waals surface area contributed by atoms with Gasteiger partial charge in [0.25, 0.3) is 0 Å². The first kappa shape index (κ1) is 12.8. The molecule has 0 aromatic carbocycles. The third-order valence-electron chi connectivity index (χ3n) is 3.14. The number of aromatic nitrogens is 1. The summed E-state index contributed by atoms with van der Waals surface area (Å²) >= 11 is 0. The van der Waals surface area contributed by atoms with Gasteiger partial charge in [-0.25, -0.2) is 0 Å². The second-order valence-electron chi connectivity index (χ2n) is 4.69. The molecule has 2 aromatic heterocycles. The van der Waals surface area contributed by atoms with E-state index in [1.54, 1.807) is 6.26 Å². The van der Waals surface area contributed by atoms with Crippen molar-refractivity contribution in [3.63, 3.8) is 0 Å². The highest BCUT2D eigenvalue weighted by Gasteiger charge is 2.09. The van der Waals surface area contributed by atoms with Crippen molar-refractivity contribution in [2.75, 3.05) is 0 Å². The molecule has 1 unspecified atom stereocenters. The summed E-state index contributed by atoms with van der Waals surface area (Å²) in [5.74, 6) is 1.06. The number of hydrogen-bond acceptors (Lipinski definition) is 3. The molecule has 0 spiro atoms. The fraction of sp³-hybridized carbons (Fsp3) is 0.400. The largest absolute Gasteiger partial charge is 0.469 e. The smallest absolute Gasteiger partial charge is 0.103 e. The van der Waals surface area contributed by atoms with Gasteiger partial charge in [-0.15, -0.1) is 0 Å². The van der Waals surface area contributed by atoms with Crippen molar-refractivity contribution >= 4 is 0 Å². The van der Waals surface area contributed by atoms with Crippen molar-refractivity contribution < 1.29 is 4.42 Å². The molecule has 2 heterocycles. The van der Waals surface area contributed by atoms with Crippen LogP contribution >= 0.6 is 0 Å². The highest BCUT2D eigenvalue weighted by molar-refractivity contribution is 5.14. The van der Waals surface area contributed by atoms with Crippen molar-refractivity contribution in [3.05, 3.63) is 54.2 Å². The Labute approximate surface area is 108 Å². The highest BCUT2D eigenvalue weighted by atomic mass is 16.3. The van der Waals surface area contributed by atoms with Crippen LogP contribution in [0.3, 0.4) is 0 Å². The minimum Gasteiger partial charge on any atom is -0.469 e. The SMILES string of the molecule is CC(CCc1ccco1)N[C@H](C)c1ccncc1. The van der Waals surface area contributed by atoms with Crippen molar-refractivity contribution in [2.24, 2.45) is 0 Å². The van der Waals surface area contributed by atoms with Gasteiger partial charge in [-0.2, -0.15) is 0 Å². The molecule has 96 valence electrons. The van der Waals surface area contributed by atoms with Crippen molar-refractivity contribution in [1.29, 1.82) is 0 Å². The minimum absolute atomic E-state index is 0.347. The van der Waals surface area contributed by atoms with Gasteiger partial charge in [0.2, 0.25) is 0 Å². The molecular formula is C15H20N2O. The second kappa shape index (κ2) is 6.36. The van der Waals surface area contributed by atoms with E-state index in [0.29, 0.717) is 12.1 Å². The molecule has 18 heavy (non-hydrogen) atoms. The van der Waals surface area contributed by atoms with Crippen LogP contribution in [0.4, 0.5) is 0 Å². The molecule has 0 aliphatic rings. The minimum atomic E-state index is 0.347. The molecule has 1 N–H and O–H groups in total. The van der Waals surface area contributed by atoms with Crippen LogP contribution in [-0.2, 0) is 6.42 Å². The quantitative estimate of drug-likeness (QED) is 0.846.